The number of ether oxygens (including phenoxy) is 1. The predicted octanol–water partition coefficient (Wildman–Crippen LogP) is 4.24. The molecule has 4 heteroatoms. The van der Waals surface area contributed by atoms with Gasteiger partial charge in [-0.2, -0.15) is 0 Å². The zero-order valence-corrected chi connectivity index (χ0v) is 14.5. The zero-order valence-electron chi connectivity index (χ0n) is 14.5. The van der Waals surface area contributed by atoms with Crippen LogP contribution < -0.4 is 15.4 Å². The van der Waals surface area contributed by atoms with Crippen molar-refractivity contribution in [2.75, 3.05) is 18.4 Å². The van der Waals surface area contributed by atoms with Crippen molar-refractivity contribution in [3.05, 3.63) is 60.2 Å². The Morgan fingerprint density at radius 1 is 0.960 bits per heavy atom. The fraction of sp³-hybridized carbons (Fsp3) is 0.381. The summed E-state index contributed by atoms with van der Waals surface area (Å²) in [6.45, 7) is 1.48. The van der Waals surface area contributed by atoms with Crippen LogP contribution >= 0.6 is 0 Å². The first-order valence-electron chi connectivity index (χ1n) is 9.15. The van der Waals surface area contributed by atoms with Crippen LogP contribution in [0.2, 0.25) is 0 Å². The first-order valence-corrected chi connectivity index (χ1v) is 9.15. The van der Waals surface area contributed by atoms with E-state index in [2.05, 4.69) is 10.6 Å². The molecule has 0 bridgehead atoms. The number of para-hydroxylation sites is 1. The van der Waals surface area contributed by atoms with Gasteiger partial charge in [0, 0.05) is 24.3 Å². The molecule has 0 aromatic heterocycles. The monoisotopic (exact) mass is 338 g/mol. The molecule has 0 spiro atoms. The SMILES string of the molecule is O=C(NCCCNc1ccccc1)c1ccc(OC2CCCC2)cc1. The Labute approximate surface area is 149 Å². The highest BCUT2D eigenvalue weighted by atomic mass is 16.5. The number of carbonyl (C=O) groups excluding carboxylic acids is 1. The average molecular weight is 338 g/mol. The number of amides is 1. The lowest BCUT2D eigenvalue weighted by Gasteiger charge is -2.13. The second-order valence-electron chi connectivity index (χ2n) is 6.45. The molecule has 25 heavy (non-hydrogen) atoms. The summed E-state index contributed by atoms with van der Waals surface area (Å²) < 4.78 is 5.93. The molecule has 2 N–H and O–H groups in total. The first-order chi connectivity index (χ1) is 12.3. The van der Waals surface area contributed by atoms with Gasteiger partial charge in [0.1, 0.15) is 5.75 Å². The number of anilines is 1. The van der Waals surface area contributed by atoms with Gasteiger partial charge in [0.2, 0.25) is 0 Å². The minimum atomic E-state index is -0.0351. The van der Waals surface area contributed by atoms with Crippen LogP contribution in [0.5, 0.6) is 5.75 Å². The third-order valence-electron chi connectivity index (χ3n) is 4.46. The van der Waals surface area contributed by atoms with Gasteiger partial charge in [-0.1, -0.05) is 18.2 Å². The largest absolute Gasteiger partial charge is 0.490 e. The average Bonchev–Trinajstić information content (AvgIpc) is 3.16. The summed E-state index contributed by atoms with van der Waals surface area (Å²) in [5, 5.41) is 6.29. The number of hydrogen-bond acceptors (Lipinski definition) is 3. The molecule has 1 aliphatic rings. The molecular weight excluding hydrogens is 312 g/mol. The number of hydrogen-bond donors (Lipinski definition) is 2. The van der Waals surface area contributed by atoms with Gasteiger partial charge in [-0.25, -0.2) is 0 Å². The Balaban J connectivity index is 1.36. The minimum absolute atomic E-state index is 0.0351. The molecular formula is C21H26N2O2. The Hall–Kier alpha value is -2.49. The van der Waals surface area contributed by atoms with Gasteiger partial charge < -0.3 is 15.4 Å². The van der Waals surface area contributed by atoms with E-state index in [1.165, 1.54) is 12.8 Å². The van der Waals surface area contributed by atoms with E-state index < -0.39 is 0 Å². The summed E-state index contributed by atoms with van der Waals surface area (Å²) in [6, 6.07) is 17.5. The molecule has 0 aliphatic heterocycles. The summed E-state index contributed by atoms with van der Waals surface area (Å²) in [4.78, 5) is 12.2. The molecule has 0 atom stereocenters. The van der Waals surface area contributed by atoms with E-state index in [-0.39, 0.29) is 5.91 Å². The van der Waals surface area contributed by atoms with Gasteiger partial charge in [-0.3, -0.25) is 4.79 Å². The van der Waals surface area contributed by atoms with Crippen LogP contribution in [0.1, 0.15) is 42.5 Å². The van der Waals surface area contributed by atoms with Gasteiger partial charge in [-0.05, 0) is 68.5 Å². The maximum atomic E-state index is 12.2. The van der Waals surface area contributed by atoms with Crippen LogP contribution in [0.15, 0.2) is 54.6 Å². The number of rotatable bonds is 8. The Morgan fingerprint density at radius 3 is 2.40 bits per heavy atom. The molecule has 2 aromatic carbocycles. The van der Waals surface area contributed by atoms with Crippen molar-refractivity contribution in [2.45, 2.75) is 38.2 Å². The highest BCUT2D eigenvalue weighted by Gasteiger charge is 2.16. The highest BCUT2D eigenvalue weighted by molar-refractivity contribution is 5.94. The van der Waals surface area contributed by atoms with Crippen molar-refractivity contribution < 1.29 is 9.53 Å². The fourth-order valence-electron chi connectivity index (χ4n) is 3.06. The minimum Gasteiger partial charge on any atom is -0.490 e. The van der Waals surface area contributed by atoms with E-state index in [1.807, 2.05) is 54.6 Å². The van der Waals surface area contributed by atoms with Crippen molar-refractivity contribution in [3.63, 3.8) is 0 Å². The first kappa shape index (κ1) is 17.3. The van der Waals surface area contributed by atoms with Crippen molar-refractivity contribution in [1.29, 1.82) is 0 Å². The van der Waals surface area contributed by atoms with Gasteiger partial charge >= 0.3 is 0 Å². The van der Waals surface area contributed by atoms with Crippen molar-refractivity contribution >= 4 is 11.6 Å². The molecule has 1 amide bonds. The summed E-state index contributed by atoms with van der Waals surface area (Å²) in [5.74, 6) is 0.822. The molecule has 1 aliphatic carbocycles. The quantitative estimate of drug-likeness (QED) is 0.708. The van der Waals surface area contributed by atoms with Crippen LogP contribution in [0, 0.1) is 0 Å². The molecule has 2 aromatic rings. The third kappa shape index (κ3) is 5.52. The molecule has 0 unspecified atom stereocenters. The smallest absolute Gasteiger partial charge is 0.251 e. The summed E-state index contributed by atoms with van der Waals surface area (Å²) in [5.41, 5.74) is 1.78. The van der Waals surface area contributed by atoms with Crippen LogP contribution in [-0.4, -0.2) is 25.1 Å². The van der Waals surface area contributed by atoms with E-state index in [9.17, 15) is 4.79 Å². The molecule has 0 heterocycles. The molecule has 0 saturated heterocycles. The Morgan fingerprint density at radius 2 is 1.68 bits per heavy atom. The van der Waals surface area contributed by atoms with E-state index in [4.69, 9.17) is 4.74 Å². The van der Waals surface area contributed by atoms with Crippen LogP contribution in [0.3, 0.4) is 0 Å². The summed E-state index contributed by atoms with van der Waals surface area (Å²) >= 11 is 0. The Bertz CT molecular complexity index is 649. The fourth-order valence-corrected chi connectivity index (χ4v) is 3.06. The second kappa shape index (κ2) is 9.11. The standard InChI is InChI=1S/C21H26N2O2/c24-21(23-16-6-15-22-18-7-2-1-3-8-18)17-11-13-20(14-12-17)25-19-9-4-5-10-19/h1-3,7-8,11-14,19,22H,4-6,9-10,15-16H2,(H,23,24). The zero-order chi connectivity index (χ0) is 17.3. The maximum Gasteiger partial charge on any atom is 0.251 e. The van der Waals surface area contributed by atoms with Crippen LogP contribution in [-0.2, 0) is 0 Å². The number of carbonyl (C=O) groups is 1. The van der Waals surface area contributed by atoms with Crippen LogP contribution in [0.25, 0.3) is 0 Å². The van der Waals surface area contributed by atoms with Gasteiger partial charge in [-0.15, -0.1) is 0 Å². The van der Waals surface area contributed by atoms with Crippen molar-refractivity contribution in [1.82, 2.24) is 5.32 Å². The molecule has 1 fully saturated rings. The highest BCUT2D eigenvalue weighted by Crippen LogP contribution is 2.24. The van der Waals surface area contributed by atoms with Gasteiger partial charge in [0.25, 0.3) is 5.91 Å². The second-order valence-corrected chi connectivity index (χ2v) is 6.45. The molecule has 132 valence electrons. The van der Waals surface area contributed by atoms with Gasteiger partial charge in [0.05, 0.1) is 6.10 Å². The summed E-state index contributed by atoms with van der Waals surface area (Å²) in [7, 11) is 0. The van der Waals surface area contributed by atoms with Crippen molar-refractivity contribution in [3.8, 4) is 5.75 Å². The maximum absolute atomic E-state index is 12.2. The molecule has 3 rings (SSSR count). The van der Waals surface area contributed by atoms with E-state index in [1.54, 1.807) is 0 Å². The lowest BCUT2D eigenvalue weighted by Crippen LogP contribution is -2.25. The Kier molecular flexibility index (Phi) is 6.32. The number of benzene rings is 2. The van der Waals surface area contributed by atoms with Gasteiger partial charge in [0.15, 0.2) is 0 Å². The van der Waals surface area contributed by atoms with Crippen molar-refractivity contribution in [2.24, 2.45) is 0 Å². The van der Waals surface area contributed by atoms with Crippen LogP contribution in [0.4, 0.5) is 5.69 Å². The predicted molar refractivity (Wildman–Crippen MR) is 101 cm³/mol. The topological polar surface area (TPSA) is 50.4 Å². The van der Waals surface area contributed by atoms with E-state index in [0.717, 1.165) is 37.2 Å². The van der Waals surface area contributed by atoms with E-state index >= 15 is 0 Å². The number of nitrogens with one attached hydrogen (secondary N) is 2. The molecule has 0 radical (unpaired) electrons. The molecule has 4 nitrogen and oxygen atoms in total. The normalized spacial score (nSPS) is 14.2. The molecule has 1 saturated carbocycles. The van der Waals surface area contributed by atoms with E-state index in [0.29, 0.717) is 18.2 Å². The summed E-state index contributed by atoms with van der Waals surface area (Å²) in [6.07, 6.45) is 6.01. The lowest BCUT2D eigenvalue weighted by molar-refractivity contribution is 0.0953. The third-order valence-corrected chi connectivity index (χ3v) is 4.46. The lowest BCUT2D eigenvalue weighted by atomic mass is 10.2.